The molecule has 6 radical (unpaired) electrons. The Morgan fingerprint density at radius 1 is 0.786 bits per heavy atom. The maximum Gasteiger partial charge on any atom is 0.281 e. The third kappa shape index (κ3) is 22.4. The predicted octanol–water partition coefficient (Wildman–Crippen LogP) is 0.801. The Bertz CT molecular complexity index is 175. The van der Waals surface area contributed by atoms with Crippen LogP contribution in [0.2, 0.25) is 0 Å². The molecule has 0 bridgehead atoms. The molecule has 0 saturated heterocycles. The fraction of sp³-hybridized carbons (Fsp3) is 0.100. The molecule has 0 heterocycles. The van der Waals surface area contributed by atoms with Crippen molar-refractivity contribution in [1.82, 2.24) is 0 Å². The first-order valence-electron chi connectivity index (χ1n) is 3.02. The molecule has 0 fully saturated rings. The molecule has 0 saturated carbocycles. The van der Waals surface area contributed by atoms with Gasteiger partial charge in [-0.25, -0.2) is 0 Å². The van der Waals surface area contributed by atoms with Gasteiger partial charge < -0.3 is 0 Å². The fourth-order valence-corrected chi connectivity index (χ4v) is 0.534. The van der Waals surface area contributed by atoms with Crippen LogP contribution in [-0.4, -0.2) is 20.4 Å². The van der Waals surface area contributed by atoms with E-state index in [-0.39, 0.29) is 21.1 Å². The number of hydrogen-bond acceptors (Lipinski definition) is 3. The first-order valence-corrected chi connectivity index (χ1v) is 3.02. The van der Waals surface area contributed by atoms with Gasteiger partial charge in [0.05, 0.1) is 0 Å². The predicted molar refractivity (Wildman–Crippen MR) is 48.3 cm³/mol. The molecule has 0 N–H and O–H groups in total. The van der Waals surface area contributed by atoms with Gasteiger partial charge in [-0.05, 0) is 6.92 Å². The van der Waals surface area contributed by atoms with Crippen molar-refractivity contribution in [2.45, 2.75) is 6.92 Å². The molecule has 0 unspecified atom stereocenters. The molecule has 1 rings (SSSR count). The van der Waals surface area contributed by atoms with Crippen LogP contribution in [0.1, 0.15) is 5.56 Å². The zero-order valence-electron chi connectivity index (χ0n) is 7.52. The van der Waals surface area contributed by atoms with Crippen LogP contribution in [0, 0.1) is 6.92 Å². The average molecular weight is 272 g/mol. The van der Waals surface area contributed by atoms with Crippen molar-refractivity contribution in [2.75, 3.05) is 0 Å². The van der Waals surface area contributed by atoms with Gasteiger partial charge >= 0.3 is 0 Å². The van der Waals surface area contributed by atoms with Crippen LogP contribution in [0.4, 0.5) is 0 Å². The summed E-state index contributed by atoms with van der Waals surface area (Å²) < 4.78 is 0. The van der Waals surface area contributed by atoms with E-state index in [1.165, 1.54) is 5.56 Å². The zero-order chi connectivity index (χ0) is 11.1. The number of aryl methyl sites for hydroxylation is 1. The van der Waals surface area contributed by atoms with Crippen molar-refractivity contribution >= 4 is 20.4 Å². The monoisotopic (exact) mass is 274 g/mol. The number of hydrogen-bond donors (Lipinski definition) is 0. The van der Waals surface area contributed by atoms with E-state index in [2.05, 4.69) is 39.4 Å². The van der Waals surface area contributed by atoms with Crippen LogP contribution in [0.15, 0.2) is 30.3 Å². The normalized spacial score (nSPS) is 5.21. The van der Waals surface area contributed by atoms with Gasteiger partial charge in [0, 0.05) is 21.1 Å². The molecule has 0 aliphatic carbocycles. The minimum Gasteiger partial charge on any atom is -0.281 e. The maximum absolute atomic E-state index is 7.50. The molecule has 1 aromatic carbocycles. The van der Waals surface area contributed by atoms with E-state index in [1.54, 1.807) is 0 Å². The molecule has 4 heteroatoms. The molecule has 3 nitrogen and oxygen atoms in total. The van der Waals surface area contributed by atoms with Crippen LogP contribution in [-0.2, 0) is 35.4 Å². The Balaban J connectivity index is -0.0000000625. The molecule has 1 aromatic rings. The van der Waals surface area contributed by atoms with E-state index in [1.807, 2.05) is 18.2 Å². The average Bonchev–Trinajstić information content (AvgIpc) is 2.28. The number of benzene rings is 1. The van der Waals surface area contributed by atoms with Gasteiger partial charge in [-0.15, -0.1) is 0 Å². The summed E-state index contributed by atoms with van der Waals surface area (Å²) >= 11 is 0. The minimum atomic E-state index is 0. The van der Waals surface area contributed by atoms with Gasteiger partial charge in [0.2, 0.25) is 0 Å². The topological polar surface area (TPSA) is 51.2 Å². The SMILES string of the molecule is Cc1ccccc1.[C]=O.[C]=O.[C]=O.[Mo]. The van der Waals surface area contributed by atoms with Crippen LogP contribution in [0.3, 0.4) is 0 Å². The van der Waals surface area contributed by atoms with Gasteiger partial charge in [-0.1, -0.05) is 35.9 Å². The van der Waals surface area contributed by atoms with E-state index in [0.29, 0.717) is 0 Å². The van der Waals surface area contributed by atoms with Crippen LogP contribution in [0.25, 0.3) is 0 Å². The molecular formula is C10H8MoO3. The molecule has 72 valence electrons. The van der Waals surface area contributed by atoms with Gasteiger partial charge in [-0.3, -0.25) is 14.4 Å². The second-order valence-corrected chi connectivity index (χ2v) is 1.65. The summed E-state index contributed by atoms with van der Waals surface area (Å²) in [6.45, 7) is 15.6. The van der Waals surface area contributed by atoms with Gasteiger partial charge in [0.25, 0.3) is 20.4 Å². The van der Waals surface area contributed by atoms with E-state index < -0.39 is 0 Å². The van der Waals surface area contributed by atoms with E-state index in [4.69, 9.17) is 14.4 Å². The van der Waals surface area contributed by atoms with Crippen molar-refractivity contribution < 1.29 is 35.4 Å². The standard InChI is InChI=1S/C7H8.3CO.Mo/c1-7-5-3-2-4-6-7;3*1-2;/h2-6H,1H3;;;;. The Morgan fingerprint density at radius 3 is 1.21 bits per heavy atom. The van der Waals surface area contributed by atoms with Gasteiger partial charge in [0.15, 0.2) is 0 Å². The third-order valence-electron chi connectivity index (χ3n) is 0.940. The maximum atomic E-state index is 7.50. The summed E-state index contributed by atoms with van der Waals surface area (Å²) in [7, 11) is 0. The van der Waals surface area contributed by atoms with Crippen molar-refractivity contribution in [3.05, 3.63) is 35.9 Å². The molecule has 0 aromatic heterocycles. The first-order chi connectivity index (χ1) is 6.39. The molecule has 0 amide bonds. The second-order valence-electron chi connectivity index (χ2n) is 1.65. The smallest absolute Gasteiger partial charge is 0.281 e. The van der Waals surface area contributed by atoms with Crippen molar-refractivity contribution in [3.8, 4) is 0 Å². The van der Waals surface area contributed by atoms with Crippen molar-refractivity contribution in [2.24, 2.45) is 0 Å². The Labute approximate surface area is 98.8 Å². The molecule has 0 aliphatic heterocycles. The van der Waals surface area contributed by atoms with Crippen molar-refractivity contribution in [1.29, 1.82) is 0 Å². The van der Waals surface area contributed by atoms with Crippen LogP contribution < -0.4 is 0 Å². The van der Waals surface area contributed by atoms with E-state index >= 15 is 0 Å². The minimum absolute atomic E-state index is 0. The molecular weight excluding hydrogens is 264 g/mol. The van der Waals surface area contributed by atoms with E-state index in [9.17, 15) is 0 Å². The molecule has 0 spiro atoms. The summed E-state index contributed by atoms with van der Waals surface area (Å²) in [6, 6.07) is 10.3. The third-order valence-corrected chi connectivity index (χ3v) is 0.940. The van der Waals surface area contributed by atoms with Crippen molar-refractivity contribution in [3.63, 3.8) is 0 Å². The summed E-state index contributed by atoms with van der Waals surface area (Å²) in [6.07, 6.45) is 0. The van der Waals surface area contributed by atoms with Gasteiger partial charge in [0.1, 0.15) is 0 Å². The Morgan fingerprint density at radius 2 is 1.07 bits per heavy atom. The Hall–Kier alpha value is -1.08. The van der Waals surface area contributed by atoms with Crippen LogP contribution in [0.5, 0.6) is 0 Å². The summed E-state index contributed by atoms with van der Waals surface area (Å²) in [5, 5.41) is 0. The van der Waals surface area contributed by atoms with Gasteiger partial charge in [-0.2, -0.15) is 0 Å². The summed E-state index contributed by atoms with van der Waals surface area (Å²) in [4.78, 5) is 22.5. The summed E-state index contributed by atoms with van der Waals surface area (Å²) in [5.74, 6) is 0. The Kier molecular flexibility index (Phi) is 48.9. The van der Waals surface area contributed by atoms with Crippen LogP contribution >= 0.6 is 0 Å². The molecule has 14 heavy (non-hydrogen) atoms. The quantitative estimate of drug-likeness (QED) is 0.656. The summed E-state index contributed by atoms with van der Waals surface area (Å²) in [5.41, 5.74) is 1.32. The van der Waals surface area contributed by atoms with E-state index in [0.717, 1.165) is 0 Å². The number of rotatable bonds is 0. The molecule has 0 atom stereocenters. The fourth-order valence-electron chi connectivity index (χ4n) is 0.534. The first kappa shape index (κ1) is 23.1. The second kappa shape index (κ2) is 29.7. The molecule has 0 aliphatic rings. The number of carbonyl (C=O) groups excluding carboxylic acids is 3. The zero-order valence-corrected chi connectivity index (χ0v) is 9.53. The largest absolute Gasteiger partial charge is 0.281 e.